The van der Waals surface area contributed by atoms with E-state index in [-0.39, 0.29) is 24.7 Å². The zero-order chi connectivity index (χ0) is 23.8. The number of rotatable bonds is 5. The highest BCUT2D eigenvalue weighted by Gasteiger charge is 2.65. The Kier molecular flexibility index (Phi) is 6.81. The summed E-state index contributed by atoms with van der Waals surface area (Å²) in [5, 5.41) is 17.1. The molecule has 1 aromatic heterocycles. The molecule has 1 saturated carbocycles. The minimum Gasteiger partial charge on any atom is -0.341 e. The number of hydrogen-bond donors (Lipinski definition) is 4. The molecule has 0 radical (unpaired) electrons. The molecule has 2 aliphatic rings. The number of Topliss-reactive ketones (excluding diaryl/α,β-unsaturated/α-hetero) is 2. The molecular formula is C23H28N4O4S2. The number of ketones is 2. The van der Waals surface area contributed by atoms with Crippen molar-refractivity contribution in [3.05, 3.63) is 45.6 Å². The first-order valence-electron chi connectivity index (χ1n) is 10.9. The van der Waals surface area contributed by atoms with Crippen molar-refractivity contribution < 1.29 is 19.6 Å². The van der Waals surface area contributed by atoms with Gasteiger partial charge in [-0.1, -0.05) is 13.0 Å². The van der Waals surface area contributed by atoms with Crippen LogP contribution in [0.3, 0.4) is 0 Å². The summed E-state index contributed by atoms with van der Waals surface area (Å²) in [6.45, 7) is 2.86. The monoisotopic (exact) mass is 488 g/mol. The van der Waals surface area contributed by atoms with Crippen molar-refractivity contribution in [2.45, 2.75) is 35.6 Å². The van der Waals surface area contributed by atoms with Crippen LogP contribution in [-0.2, 0) is 16.0 Å². The second-order valence-corrected chi connectivity index (χ2v) is 9.96. The van der Waals surface area contributed by atoms with Gasteiger partial charge in [0.05, 0.1) is 17.5 Å². The van der Waals surface area contributed by atoms with Crippen LogP contribution >= 0.6 is 23.1 Å². The van der Waals surface area contributed by atoms with Crippen molar-refractivity contribution >= 4 is 46.4 Å². The van der Waals surface area contributed by atoms with Crippen molar-refractivity contribution in [2.24, 2.45) is 0 Å². The van der Waals surface area contributed by atoms with Crippen LogP contribution in [0.1, 0.15) is 34.8 Å². The first kappa shape index (κ1) is 23.7. The molecular weight excluding hydrogens is 460 g/mol. The second-order valence-electron chi connectivity index (χ2n) is 8.16. The van der Waals surface area contributed by atoms with Crippen LogP contribution in [0.5, 0.6) is 0 Å². The van der Waals surface area contributed by atoms with E-state index < -0.39 is 23.4 Å². The topological polar surface area (TPSA) is 111 Å². The Morgan fingerprint density at radius 2 is 2.06 bits per heavy atom. The molecule has 4 rings (SSSR count). The molecule has 0 bridgehead atoms. The molecule has 2 heterocycles. The summed E-state index contributed by atoms with van der Waals surface area (Å²) in [6.07, 6.45) is 2.58. The number of hydrogen-bond acceptors (Lipinski definition) is 8. The largest absolute Gasteiger partial charge is 0.341 e. The zero-order valence-electron chi connectivity index (χ0n) is 18.8. The molecule has 2 amide bonds. The van der Waals surface area contributed by atoms with Gasteiger partial charge in [-0.2, -0.15) is 0 Å². The van der Waals surface area contributed by atoms with Crippen LogP contribution in [0.4, 0.5) is 10.5 Å². The standard InChI is InChI=1S/C23H28N4O4S2/c1-4-13-11-14(26-31)5-6-15(13)17-18(19-16(32-3)7-10-33-19)21(29)23(20(17)28)12-25-8-9-27(23)22(30)24-2/h5-7,10-11,17-18,25-26,31H,4,8-9,12H2,1-3H3,(H,24,30)/t17-,18+,23+/m1/s1. The lowest BCUT2D eigenvalue weighted by Gasteiger charge is -2.42. The molecule has 2 aromatic rings. The predicted molar refractivity (Wildman–Crippen MR) is 130 cm³/mol. The molecule has 33 heavy (non-hydrogen) atoms. The van der Waals surface area contributed by atoms with E-state index >= 15 is 0 Å². The van der Waals surface area contributed by atoms with Crippen LogP contribution in [0.2, 0.25) is 0 Å². The van der Waals surface area contributed by atoms with Gasteiger partial charge in [0.15, 0.2) is 17.1 Å². The molecule has 2 fully saturated rings. The lowest BCUT2D eigenvalue weighted by Crippen LogP contribution is -2.70. The Bertz CT molecular complexity index is 1090. The minimum absolute atomic E-state index is 0.100. The smallest absolute Gasteiger partial charge is 0.318 e. The van der Waals surface area contributed by atoms with E-state index in [0.717, 1.165) is 20.9 Å². The number of amides is 2. The van der Waals surface area contributed by atoms with Crippen molar-refractivity contribution in [3.8, 4) is 0 Å². The van der Waals surface area contributed by atoms with Gasteiger partial charge in [-0.15, -0.1) is 23.1 Å². The van der Waals surface area contributed by atoms with E-state index in [0.29, 0.717) is 18.7 Å². The lowest BCUT2D eigenvalue weighted by atomic mass is 9.83. The Morgan fingerprint density at radius 3 is 2.73 bits per heavy atom. The van der Waals surface area contributed by atoms with Crippen LogP contribution in [0.15, 0.2) is 34.5 Å². The summed E-state index contributed by atoms with van der Waals surface area (Å²) in [6, 6.07) is 6.86. The Labute approximate surface area is 201 Å². The highest BCUT2D eigenvalue weighted by Crippen LogP contribution is 2.52. The van der Waals surface area contributed by atoms with Crippen LogP contribution in [0.25, 0.3) is 0 Å². The quantitative estimate of drug-likeness (QED) is 0.291. The number of anilines is 1. The van der Waals surface area contributed by atoms with Gasteiger partial charge in [0.2, 0.25) is 0 Å². The fraction of sp³-hybridized carbons (Fsp3) is 0.435. The number of carbonyl (C=O) groups excluding carboxylic acids is 3. The lowest BCUT2D eigenvalue weighted by molar-refractivity contribution is -0.137. The van der Waals surface area contributed by atoms with Gasteiger partial charge < -0.3 is 15.5 Å². The first-order chi connectivity index (χ1) is 15.9. The maximum absolute atomic E-state index is 14.3. The maximum atomic E-state index is 14.3. The number of carbonyl (C=O) groups is 3. The number of aryl methyl sites for hydroxylation is 1. The number of piperazine rings is 1. The average Bonchev–Trinajstić information content (AvgIpc) is 3.40. The first-order valence-corrected chi connectivity index (χ1v) is 13.0. The van der Waals surface area contributed by atoms with Gasteiger partial charge >= 0.3 is 6.03 Å². The number of thioether (sulfide) groups is 1. The third-order valence-electron chi connectivity index (χ3n) is 6.67. The Morgan fingerprint density at radius 1 is 1.30 bits per heavy atom. The van der Waals surface area contributed by atoms with E-state index in [9.17, 15) is 19.6 Å². The fourth-order valence-corrected chi connectivity index (χ4v) is 7.05. The van der Waals surface area contributed by atoms with Crippen molar-refractivity contribution in [2.75, 3.05) is 38.4 Å². The van der Waals surface area contributed by atoms with Gasteiger partial charge in [0, 0.05) is 36.5 Å². The van der Waals surface area contributed by atoms with Gasteiger partial charge in [-0.3, -0.25) is 20.3 Å². The molecule has 8 nitrogen and oxygen atoms in total. The van der Waals surface area contributed by atoms with Crippen LogP contribution < -0.4 is 16.1 Å². The maximum Gasteiger partial charge on any atom is 0.318 e. The van der Waals surface area contributed by atoms with Gasteiger partial charge in [0.1, 0.15) is 0 Å². The SMILES string of the molecule is CCc1cc(NO)ccc1[C@H]1C(=O)[C@@]2(CNCCN2C(=O)NC)C(=O)[C@@H]1c1sccc1SC. The van der Waals surface area contributed by atoms with E-state index in [1.165, 1.54) is 23.3 Å². The van der Waals surface area contributed by atoms with Gasteiger partial charge in [-0.25, -0.2) is 4.79 Å². The number of nitrogens with one attached hydrogen (secondary N) is 3. The van der Waals surface area contributed by atoms with Crippen molar-refractivity contribution in [3.63, 3.8) is 0 Å². The summed E-state index contributed by atoms with van der Waals surface area (Å²) < 4.78 is 0. The van der Waals surface area contributed by atoms with Gasteiger partial charge in [0.25, 0.3) is 0 Å². The summed E-state index contributed by atoms with van der Waals surface area (Å²) in [7, 11) is 1.51. The van der Waals surface area contributed by atoms with Crippen molar-refractivity contribution in [1.29, 1.82) is 0 Å². The summed E-state index contributed by atoms with van der Waals surface area (Å²) in [5.41, 5.74) is 2.75. The van der Waals surface area contributed by atoms with E-state index in [2.05, 4.69) is 16.1 Å². The number of benzene rings is 1. The predicted octanol–water partition coefficient (Wildman–Crippen LogP) is 2.84. The Hall–Kier alpha value is -2.40. The van der Waals surface area contributed by atoms with Crippen LogP contribution in [0, 0.1) is 0 Å². The normalized spacial score (nSPS) is 25.0. The van der Waals surface area contributed by atoms with E-state index in [1.54, 1.807) is 23.9 Å². The molecule has 0 unspecified atom stereocenters. The summed E-state index contributed by atoms with van der Waals surface area (Å²) >= 11 is 3.02. The van der Waals surface area contributed by atoms with Crippen LogP contribution in [-0.4, -0.2) is 66.2 Å². The number of nitrogens with zero attached hydrogens (tertiary/aromatic N) is 1. The molecule has 1 aliphatic heterocycles. The van der Waals surface area contributed by atoms with Gasteiger partial charge in [-0.05, 0) is 47.4 Å². The molecule has 3 atom stereocenters. The molecule has 1 spiro atoms. The third kappa shape index (κ3) is 3.65. The highest BCUT2D eigenvalue weighted by molar-refractivity contribution is 7.98. The third-order valence-corrected chi connectivity index (χ3v) is 8.60. The molecule has 10 heteroatoms. The van der Waals surface area contributed by atoms with Crippen molar-refractivity contribution in [1.82, 2.24) is 15.5 Å². The molecule has 176 valence electrons. The summed E-state index contributed by atoms with van der Waals surface area (Å²) in [4.78, 5) is 44.6. The number of urea groups is 1. The van der Waals surface area contributed by atoms with E-state index in [4.69, 9.17) is 0 Å². The Balaban J connectivity index is 1.95. The zero-order valence-corrected chi connectivity index (χ0v) is 20.4. The van der Waals surface area contributed by atoms with E-state index in [1.807, 2.05) is 30.7 Å². The average molecular weight is 489 g/mol. The highest BCUT2D eigenvalue weighted by atomic mass is 32.2. The second kappa shape index (κ2) is 9.46. The molecule has 1 aromatic carbocycles. The fourth-order valence-electron chi connectivity index (χ4n) is 5.12. The molecule has 4 N–H and O–H groups in total. The molecule has 1 saturated heterocycles. The number of thiophene rings is 1. The minimum atomic E-state index is -1.56. The summed E-state index contributed by atoms with van der Waals surface area (Å²) in [5.74, 6) is -1.91. The molecule has 1 aliphatic carbocycles.